The van der Waals surface area contributed by atoms with E-state index >= 15 is 0 Å². The molecule has 2 rings (SSSR count). The molecule has 1 aliphatic rings. The lowest BCUT2D eigenvalue weighted by atomic mass is 9.92. The number of halogens is 1. The highest BCUT2D eigenvalue weighted by atomic mass is 35.5. The molecule has 1 aromatic carbocycles. The van der Waals surface area contributed by atoms with Gasteiger partial charge in [0.25, 0.3) is 0 Å². The van der Waals surface area contributed by atoms with Crippen molar-refractivity contribution in [1.82, 2.24) is 4.90 Å². The van der Waals surface area contributed by atoms with Crippen molar-refractivity contribution in [2.75, 3.05) is 27.3 Å². The number of methoxy groups -OCH3 is 2. The molecular weight excluding hydrogens is 288 g/mol. The number of likely N-dealkylation sites (tertiary alicyclic amines) is 1. The zero-order valence-corrected chi connectivity index (χ0v) is 13.8. The van der Waals surface area contributed by atoms with Crippen molar-refractivity contribution < 1.29 is 9.47 Å². The number of nitrogens with two attached hydrogens (primary N) is 1. The minimum absolute atomic E-state index is 0.429. The first-order chi connectivity index (χ1) is 10.1. The van der Waals surface area contributed by atoms with Gasteiger partial charge in [0.05, 0.1) is 19.2 Å². The summed E-state index contributed by atoms with van der Waals surface area (Å²) in [6, 6.07) is 4.34. The molecule has 21 heavy (non-hydrogen) atoms. The summed E-state index contributed by atoms with van der Waals surface area (Å²) in [6.07, 6.45) is 2.36. The van der Waals surface area contributed by atoms with Crippen molar-refractivity contribution >= 4 is 11.6 Å². The first kappa shape index (κ1) is 16.4. The van der Waals surface area contributed by atoms with Crippen LogP contribution in [-0.2, 0) is 6.54 Å². The Balaban J connectivity index is 2.19. The molecule has 2 unspecified atom stereocenters. The number of nitrogens with zero attached hydrogens (tertiary/aromatic N) is 1. The quantitative estimate of drug-likeness (QED) is 0.908. The Morgan fingerprint density at radius 2 is 2.10 bits per heavy atom. The van der Waals surface area contributed by atoms with Crippen molar-refractivity contribution in [3.63, 3.8) is 0 Å². The molecule has 2 N–H and O–H groups in total. The molecule has 118 valence electrons. The van der Waals surface area contributed by atoms with Crippen molar-refractivity contribution in [2.24, 2.45) is 11.7 Å². The SMILES string of the molecule is COc1ccc(CN2CCC(C)CC2CN)c(Cl)c1OC. The van der Waals surface area contributed by atoms with Gasteiger partial charge in [-0.25, -0.2) is 0 Å². The van der Waals surface area contributed by atoms with Crippen LogP contribution >= 0.6 is 11.6 Å². The molecule has 1 heterocycles. The van der Waals surface area contributed by atoms with Gasteiger partial charge in [-0.15, -0.1) is 0 Å². The molecule has 1 saturated heterocycles. The fourth-order valence-corrected chi connectivity index (χ4v) is 3.32. The van der Waals surface area contributed by atoms with Gasteiger partial charge < -0.3 is 15.2 Å². The van der Waals surface area contributed by atoms with Crippen LogP contribution in [0.25, 0.3) is 0 Å². The highest BCUT2D eigenvalue weighted by Crippen LogP contribution is 2.38. The van der Waals surface area contributed by atoms with Crippen LogP contribution in [0.2, 0.25) is 5.02 Å². The second-order valence-electron chi connectivity index (χ2n) is 5.76. The minimum Gasteiger partial charge on any atom is -0.493 e. The van der Waals surface area contributed by atoms with Gasteiger partial charge in [0.15, 0.2) is 11.5 Å². The molecule has 1 aliphatic heterocycles. The van der Waals surface area contributed by atoms with Crippen LogP contribution in [0.1, 0.15) is 25.3 Å². The second-order valence-corrected chi connectivity index (χ2v) is 6.14. The first-order valence-corrected chi connectivity index (χ1v) is 7.82. The largest absolute Gasteiger partial charge is 0.493 e. The monoisotopic (exact) mass is 312 g/mol. The summed E-state index contributed by atoms with van der Waals surface area (Å²) >= 11 is 6.47. The highest BCUT2D eigenvalue weighted by molar-refractivity contribution is 6.33. The van der Waals surface area contributed by atoms with E-state index in [4.69, 9.17) is 26.8 Å². The molecule has 2 atom stereocenters. The summed E-state index contributed by atoms with van der Waals surface area (Å²) in [6.45, 7) is 4.85. The van der Waals surface area contributed by atoms with Crippen molar-refractivity contribution in [1.29, 1.82) is 0 Å². The molecule has 0 spiro atoms. The van der Waals surface area contributed by atoms with Gasteiger partial charge in [-0.2, -0.15) is 0 Å². The fourth-order valence-electron chi connectivity index (χ4n) is 3.02. The number of piperidine rings is 1. The Kier molecular flexibility index (Phi) is 5.73. The van der Waals surface area contributed by atoms with E-state index in [-0.39, 0.29) is 0 Å². The van der Waals surface area contributed by atoms with Crippen LogP contribution in [0, 0.1) is 5.92 Å². The van der Waals surface area contributed by atoms with Crippen LogP contribution in [-0.4, -0.2) is 38.3 Å². The lowest BCUT2D eigenvalue weighted by Gasteiger charge is -2.38. The number of hydrogen-bond donors (Lipinski definition) is 1. The van der Waals surface area contributed by atoms with Gasteiger partial charge in [-0.3, -0.25) is 4.90 Å². The average molecular weight is 313 g/mol. The molecule has 1 fully saturated rings. The van der Waals surface area contributed by atoms with Crippen LogP contribution in [0.3, 0.4) is 0 Å². The highest BCUT2D eigenvalue weighted by Gasteiger charge is 2.26. The van der Waals surface area contributed by atoms with Crippen molar-refractivity contribution in [2.45, 2.75) is 32.4 Å². The van der Waals surface area contributed by atoms with E-state index < -0.39 is 0 Å². The fraction of sp³-hybridized carbons (Fsp3) is 0.625. The molecule has 0 saturated carbocycles. The number of benzene rings is 1. The van der Waals surface area contributed by atoms with Crippen LogP contribution in [0.15, 0.2) is 12.1 Å². The van der Waals surface area contributed by atoms with E-state index in [0.717, 1.165) is 31.0 Å². The summed E-state index contributed by atoms with van der Waals surface area (Å²) in [5.41, 5.74) is 6.99. The Hall–Kier alpha value is -0.970. The molecule has 5 heteroatoms. The van der Waals surface area contributed by atoms with Gasteiger partial charge >= 0.3 is 0 Å². The Morgan fingerprint density at radius 3 is 2.71 bits per heavy atom. The molecular formula is C16H25ClN2O2. The zero-order valence-electron chi connectivity index (χ0n) is 13.1. The molecule has 0 aliphatic carbocycles. The van der Waals surface area contributed by atoms with E-state index in [1.807, 2.05) is 12.1 Å². The van der Waals surface area contributed by atoms with E-state index in [9.17, 15) is 0 Å². The van der Waals surface area contributed by atoms with Gasteiger partial charge in [0.1, 0.15) is 0 Å². The van der Waals surface area contributed by atoms with E-state index in [0.29, 0.717) is 29.1 Å². The predicted molar refractivity (Wildman–Crippen MR) is 86.2 cm³/mol. The summed E-state index contributed by atoms with van der Waals surface area (Å²) in [5.74, 6) is 2.01. The smallest absolute Gasteiger partial charge is 0.179 e. The summed E-state index contributed by atoms with van der Waals surface area (Å²) in [7, 11) is 3.23. The normalized spacial score (nSPS) is 23.1. The molecule has 0 amide bonds. The number of hydrogen-bond acceptors (Lipinski definition) is 4. The molecule has 0 aromatic heterocycles. The molecule has 4 nitrogen and oxygen atoms in total. The Bertz CT molecular complexity index is 482. The maximum absolute atomic E-state index is 6.47. The van der Waals surface area contributed by atoms with E-state index in [1.165, 1.54) is 6.42 Å². The maximum Gasteiger partial charge on any atom is 0.179 e. The topological polar surface area (TPSA) is 47.7 Å². The minimum atomic E-state index is 0.429. The van der Waals surface area contributed by atoms with Gasteiger partial charge in [0.2, 0.25) is 0 Å². The third-order valence-corrected chi connectivity index (χ3v) is 4.72. The lowest BCUT2D eigenvalue weighted by molar-refractivity contribution is 0.115. The predicted octanol–water partition coefficient (Wildman–Crippen LogP) is 2.92. The number of rotatable bonds is 5. The lowest BCUT2D eigenvalue weighted by Crippen LogP contribution is -2.45. The summed E-state index contributed by atoms with van der Waals surface area (Å²) < 4.78 is 10.6. The van der Waals surface area contributed by atoms with Gasteiger partial charge in [-0.05, 0) is 36.9 Å². The molecule has 0 bridgehead atoms. The van der Waals surface area contributed by atoms with E-state index in [2.05, 4.69) is 11.8 Å². The van der Waals surface area contributed by atoms with Crippen LogP contribution in [0.5, 0.6) is 11.5 Å². The first-order valence-electron chi connectivity index (χ1n) is 7.44. The molecule has 1 aromatic rings. The molecule has 0 radical (unpaired) electrons. The Morgan fingerprint density at radius 1 is 1.33 bits per heavy atom. The number of ether oxygens (including phenoxy) is 2. The van der Waals surface area contributed by atoms with Crippen LogP contribution in [0.4, 0.5) is 0 Å². The second kappa shape index (κ2) is 7.34. The summed E-state index contributed by atoms with van der Waals surface area (Å²) in [5, 5.41) is 0.631. The third kappa shape index (κ3) is 3.62. The van der Waals surface area contributed by atoms with E-state index in [1.54, 1.807) is 14.2 Å². The van der Waals surface area contributed by atoms with Crippen molar-refractivity contribution in [3.8, 4) is 11.5 Å². The summed E-state index contributed by atoms with van der Waals surface area (Å²) in [4.78, 5) is 2.42. The van der Waals surface area contributed by atoms with Crippen molar-refractivity contribution in [3.05, 3.63) is 22.7 Å². The standard InChI is InChI=1S/C16H25ClN2O2/c1-11-6-7-19(13(8-11)9-18)10-12-4-5-14(20-2)16(21-3)15(12)17/h4-5,11,13H,6-10,18H2,1-3H3. The zero-order chi connectivity index (χ0) is 15.4. The van der Waals surface area contributed by atoms with Gasteiger partial charge in [-0.1, -0.05) is 24.6 Å². The third-order valence-electron chi connectivity index (χ3n) is 4.31. The average Bonchev–Trinajstić information content (AvgIpc) is 2.50. The maximum atomic E-state index is 6.47. The van der Waals surface area contributed by atoms with Gasteiger partial charge in [0, 0.05) is 19.1 Å². The van der Waals surface area contributed by atoms with Crippen LogP contribution < -0.4 is 15.2 Å². The Labute approximate surface area is 132 Å².